The van der Waals surface area contributed by atoms with Crippen LogP contribution in [0.25, 0.3) is 0 Å². The third-order valence-electron chi connectivity index (χ3n) is 3.47. The normalized spacial score (nSPS) is 11.3. The van der Waals surface area contributed by atoms with Gasteiger partial charge in [0.05, 0.1) is 12.7 Å². The molecule has 0 aromatic heterocycles. The molecule has 130 valence electrons. The van der Waals surface area contributed by atoms with Crippen LogP contribution in [0, 0.1) is 0 Å². The fraction of sp³-hybridized carbons (Fsp3) is 0.211. The standard InChI is InChI=1S/C19H19NO5/c1-12(21)14-6-4-8-16(10-14)20-18(22)13(2)25-17-9-5-7-15(11-17)19(23)24-3/h4-11,13H,1-3H3,(H,20,22). The van der Waals surface area contributed by atoms with E-state index < -0.39 is 12.1 Å². The van der Waals surface area contributed by atoms with Gasteiger partial charge in [-0.25, -0.2) is 4.79 Å². The Hall–Kier alpha value is -3.15. The van der Waals surface area contributed by atoms with Crippen molar-refractivity contribution in [3.05, 3.63) is 59.7 Å². The molecule has 0 aliphatic rings. The smallest absolute Gasteiger partial charge is 0.337 e. The number of amides is 1. The Morgan fingerprint density at radius 1 is 1.00 bits per heavy atom. The molecule has 0 aliphatic carbocycles. The van der Waals surface area contributed by atoms with Crippen LogP contribution in [0.3, 0.4) is 0 Å². The minimum absolute atomic E-state index is 0.0833. The summed E-state index contributed by atoms with van der Waals surface area (Å²) in [5, 5.41) is 2.70. The highest BCUT2D eigenvalue weighted by atomic mass is 16.5. The van der Waals surface area contributed by atoms with Crippen molar-refractivity contribution >= 4 is 23.3 Å². The van der Waals surface area contributed by atoms with E-state index in [1.807, 2.05) is 0 Å². The number of benzene rings is 2. The molecule has 0 saturated carbocycles. The molecule has 6 nitrogen and oxygen atoms in total. The minimum atomic E-state index is -0.797. The van der Waals surface area contributed by atoms with Gasteiger partial charge in [-0.3, -0.25) is 9.59 Å². The highest BCUT2D eigenvalue weighted by Crippen LogP contribution is 2.17. The molecule has 2 aromatic carbocycles. The van der Waals surface area contributed by atoms with Gasteiger partial charge in [-0.2, -0.15) is 0 Å². The van der Waals surface area contributed by atoms with Gasteiger partial charge in [-0.15, -0.1) is 0 Å². The van der Waals surface area contributed by atoms with Gasteiger partial charge in [0.2, 0.25) is 0 Å². The lowest BCUT2D eigenvalue weighted by Crippen LogP contribution is -2.30. The summed E-state index contributed by atoms with van der Waals surface area (Å²) in [5.74, 6) is -0.559. The van der Waals surface area contributed by atoms with E-state index in [4.69, 9.17) is 4.74 Å². The number of methoxy groups -OCH3 is 1. The molecule has 6 heteroatoms. The first-order valence-corrected chi connectivity index (χ1v) is 7.67. The molecule has 1 unspecified atom stereocenters. The number of nitrogens with one attached hydrogen (secondary N) is 1. The highest BCUT2D eigenvalue weighted by Gasteiger charge is 2.16. The van der Waals surface area contributed by atoms with Crippen LogP contribution < -0.4 is 10.1 Å². The van der Waals surface area contributed by atoms with Crippen LogP contribution in [0.4, 0.5) is 5.69 Å². The maximum Gasteiger partial charge on any atom is 0.337 e. The molecule has 0 aliphatic heterocycles. The van der Waals surface area contributed by atoms with Gasteiger partial charge < -0.3 is 14.8 Å². The molecule has 25 heavy (non-hydrogen) atoms. The molecular formula is C19H19NO5. The lowest BCUT2D eigenvalue weighted by Gasteiger charge is -2.15. The zero-order chi connectivity index (χ0) is 18.4. The molecular weight excluding hydrogens is 322 g/mol. The summed E-state index contributed by atoms with van der Waals surface area (Å²) >= 11 is 0. The van der Waals surface area contributed by atoms with E-state index in [9.17, 15) is 14.4 Å². The van der Waals surface area contributed by atoms with Gasteiger partial charge in [0.15, 0.2) is 11.9 Å². The van der Waals surface area contributed by atoms with Crippen molar-refractivity contribution in [2.24, 2.45) is 0 Å². The third-order valence-corrected chi connectivity index (χ3v) is 3.47. The Labute approximate surface area is 145 Å². The van der Waals surface area contributed by atoms with E-state index >= 15 is 0 Å². The predicted molar refractivity (Wildman–Crippen MR) is 92.9 cm³/mol. The first kappa shape index (κ1) is 18.2. The number of hydrogen-bond acceptors (Lipinski definition) is 5. The SMILES string of the molecule is COC(=O)c1cccc(OC(C)C(=O)Nc2cccc(C(C)=O)c2)c1. The number of ketones is 1. The number of carbonyl (C=O) groups is 3. The Morgan fingerprint density at radius 3 is 2.36 bits per heavy atom. The topological polar surface area (TPSA) is 81.7 Å². The summed E-state index contributed by atoms with van der Waals surface area (Å²) in [5.41, 5.74) is 1.36. The highest BCUT2D eigenvalue weighted by molar-refractivity contribution is 5.98. The number of esters is 1. The van der Waals surface area contributed by atoms with E-state index in [1.165, 1.54) is 20.1 Å². The molecule has 1 amide bonds. The van der Waals surface area contributed by atoms with Crippen molar-refractivity contribution in [3.8, 4) is 5.75 Å². The molecule has 0 saturated heterocycles. The summed E-state index contributed by atoms with van der Waals surface area (Å²) in [4.78, 5) is 35.2. The maximum absolute atomic E-state index is 12.3. The first-order chi connectivity index (χ1) is 11.9. The van der Waals surface area contributed by atoms with Gasteiger partial charge in [-0.1, -0.05) is 18.2 Å². The van der Waals surface area contributed by atoms with Crippen molar-refractivity contribution in [1.29, 1.82) is 0 Å². The zero-order valence-corrected chi connectivity index (χ0v) is 14.2. The summed E-state index contributed by atoms with van der Waals surface area (Å²) in [6, 6.07) is 13.0. The second-order valence-corrected chi connectivity index (χ2v) is 5.41. The molecule has 2 rings (SSSR count). The predicted octanol–water partition coefficient (Wildman–Crippen LogP) is 3.08. The van der Waals surface area contributed by atoms with Crippen LogP contribution in [-0.4, -0.2) is 30.9 Å². The Morgan fingerprint density at radius 2 is 1.68 bits per heavy atom. The molecule has 0 fully saturated rings. The van der Waals surface area contributed by atoms with Crippen LogP contribution in [0.5, 0.6) is 5.75 Å². The van der Waals surface area contributed by atoms with Crippen molar-refractivity contribution in [2.45, 2.75) is 20.0 Å². The number of rotatable bonds is 6. The van der Waals surface area contributed by atoms with Crippen molar-refractivity contribution in [1.82, 2.24) is 0 Å². The zero-order valence-electron chi connectivity index (χ0n) is 14.2. The largest absolute Gasteiger partial charge is 0.481 e. The van der Waals surface area contributed by atoms with Crippen LogP contribution >= 0.6 is 0 Å². The van der Waals surface area contributed by atoms with Crippen molar-refractivity contribution in [2.75, 3.05) is 12.4 Å². The minimum Gasteiger partial charge on any atom is -0.481 e. The monoisotopic (exact) mass is 341 g/mol. The van der Waals surface area contributed by atoms with Crippen LogP contribution in [0.1, 0.15) is 34.6 Å². The number of ether oxygens (including phenoxy) is 2. The number of hydrogen-bond donors (Lipinski definition) is 1. The summed E-state index contributed by atoms with van der Waals surface area (Å²) in [7, 11) is 1.29. The lowest BCUT2D eigenvalue weighted by atomic mass is 10.1. The fourth-order valence-corrected chi connectivity index (χ4v) is 2.13. The average molecular weight is 341 g/mol. The number of Topliss-reactive ketones (excluding diaryl/α,β-unsaturated/α-hetero) is 1. The summed E-state index contributed by atoms with van der Waals surface area (Å²) in [6.07, 6.45) is -0.797. The van der Waals surface area contributed by atoms with E-state index in [0.717, 1.165) is 0 Å². The average Bonchev–Trinajstić information content (AvgIpc) is 2.61. The molecule has 1 N–H and O–H groups in total. The van der Waals surface area contributed by atoms with Gasteiger partial charge in [0.1, 0.15) is 5.75 Å². The Kier molecular flexibility index (Phi) is 5.89. The van der Waals surface area contributed by atoms with E-state index in [2.05, 4.69) is 10.1 Å². The van der Waals surface area contributed by atoms with Crippen LogP contribution in [0.2, 0.25) is 0 Å². The van der Waals surface area contributed by atoms with Gasteiger partial charge in [0.25, 0.3) is 5.91 Å². The molecule has 1 atom stereocenters. The fourth-order valence-electron chi connectivity index (χ4n) is 2.13. The van der Waals surface area contributed by atoms with Gasteiger partial charge >= 0.3 is 5.97 Å². The molecule has 0 heterocycles. The van der Waals surface area contributed by atoms with E-state index in [-0.39, 0.29) is 11.7 Å². The molecule has 0 bridgehead atoms. The Bertz CT molecular complexity index is 800. The number of carbonyl (C=O) groups excluding carboxylic acids is 3. The van der Waals surface area contributed by atoms with Crippen molar-refractivity contribution in [3.63, 3.8) is 0 Å². The molecule has 2 aromatic rings. The summed E-state index contributed by atoms with van der Waals surface area (Å²) in [6.45, 7) is 3.05. The Balaban J connectivity index is 2.04. The maximum atomic E-state index is 12.3. The van der Waals surface area contributed by atoms with Crippen molar-refractivity contribution < 1.29 is 23.9 Å². The van der Waals surface area contributed by atoms with Gasteiger partial charge in [-0.05, 0) is 44.2 Å². The van der Waals surface area contributed by atoms with E-state index in [1.54, 1.807) is 49.4 Å². The van der Waals surface area contributed by atoms with E-state index in [0.29, 0.717) is 22.6 Å². The molecule has 0 radical (unpaired) electrons. The quantitative estimate of drug-likeness (QED) is 0.645. The third kappa shape index (κ3) is 4.91. The number of anilines is 1. The van der Waals surface area contributed by atoms with Crippen LogP contribution in [0.15, 0.2) is 48.5 Å². The second-order valence-electron chi connectivity index (χ2n) is 5.41. The van der Waals surface area contributed by atoms with Gasteiger partial charge in [0, 0.05) is 11.3 Å². The molecule has 0 spiro atoms. The summed E-state index contributed by atoms with van der Waals surface area (Å²) < 4.78 is 10.2. The lowest BCUT2D eigenvalue weighted by molar-refractivity contribution is -0.122. The first-order valence-electron chi connectivity index (χ1n) is 7.67. The van der Waals surface area contributed by atoms with Crippen LogP contribution in [-0.2, 0) is 9.53 Å². The second kappa shape index (κ2) is 8.10.